The van der Waals surface area contributed by atoms with E-state index in [0.717, 1.165) is 15.9 Å². The summed E-state index contributed by atoms with van der Waals surface area (Å²) in [5, 5.41) is 0. The van der Waals surface area contributed by atoms with Crippen LogP contribution in [0, 0.1) is 5.92 Å². The van der Waals surface area contributed by atoms with E-state index in [1.807, 2.05) is 16.8 Å². The van der Waals surface area contributed by atoms with Crippen LogP contribution >= 0.6 is 15.9 Å². The van der Waals surface area contributed by atoms with Crippen molar-refractivity contribution in [1.82, 2.24) is 14.5 Å². The molecule has 0 amide bonds. The molecule has 0 radical (unpaired) electrons. The predicted octanol–water partition coefficient (Wildman–Crippen LogP) is 2.69. The van der Waals surface area contributed by atoms with Crippen molar-refractivity contribution in [3.05, 3.63) is 41.2 Å². The molecule has 0 fully saturated rings. The van der Waals surface area contributed by atoms with Crippen LogP contribution in [0.1, 0.15) is 25.6 Å². The molecule has 0 aliphatic heterocycles. The normalized spacial score (nSPS) is 13.0. The molecule has 2 N–H and O–H groups in total. The van der Waals surface area contributed by atoms with Crippen LogP contribution in [0.5, 0.6) is 0 Å². The second-order valence-electron chi connectivity index (χ2n) is 4.32. The number of imidazole rings is 1. The molecule has 1 atom stereocenters. The van der Waals surface area contributed by atoms with Crippen LogP contribution in [0.2, 0.25) is 0 Å². The van der Waals surface area contributed by atoms with E-state index in [1.54, 1.807) is 18.7 Å². The lowest BCUT2D eigenvalue weighted by Gasteiger charge is -2.17. The Morgan fingerprint density at radius 3 is 2.65 bits per heavy atom. The van der Waals surface area contributed by atoms with E-state index in [2.05, 4.69) is 39.7 Å². The van der Waals surface area contributed by atoms with E-state index in [-0.39, 0.29) is 6.04 Å². The first kappa shape index (κ1) is 12.3. The third-order valence-corrected chi connectivity index (χ3v) is 3.13. The molecule has 0 aliphatic rings. The molecule has 2 aromatic heterocycles. The number of nitrogens with two attached hydrogens (primary N) is 1. The maximum Gasteiger partial charge on any atom is 0.0995 e. The highest BCUT2D eigenvalue weighted by Crippen LogP contribution is 2.22. The van der Waals surface area contributed by atoms with Crippen molar-refractivity contribution in [2.24, 2.45) is 11.7 Å². The number of nitrogens with zero attached hydrogens (tertiary/aromatic N) is 3. The van der Waals surface area contributed by atoms with E-state index in [9.17, 15) is 0 Å². The molecule has 90 valence electrons. The summed E-state index contributed by atoms with van der Waals surface area (Å²) in [6.07, 6.45) is 7.12. The summed E-state index contributed by atoms with van der Waals surface area (Å²) >= 11 is 3.41. The molecule has 1 unspecified atom stereocenters. The SMILES string of the molecule is CC(C)C(N)c1cncn1-c1cncc(Br)c1. The Hall–Kier alpha value is -1.20. The summed E-state index contributed by atoms with van der Waals surface area (Å²) in [6, 6.07) is 1.96. The minimum absolute atomic E-state index is 0.0310. The van der Waals surface area contributed by atoms with E-state index in [1.165, 1.54) is 0 Å². The van der Waals surface area contributed by atoms with Gasteiger partial charge in [-0.05, 0) is 27.9 Å². The van der Waals surface area contributed by atoms with Crippen LogP contribution in [0.3, 0.4) is 0 Å². The first-order valence-electron chi connectivity index (χ1n) is 5.48. The van der Waals surface area contributed by atoms with Gasteiger partial charge in [0, 0.05) is 16.7 Å². The zero-order chi connectivity index (χ0) is 12.4. The Kier molecular flexibility index (Phi) is 3.59. The maximum absolute atomic E-state index is 6.17. The molecular formula is C12H15BrN4. The van der Waals surface area contributed by atoms with Crippen molar-refractivity contribution < 1.29 is 0 Å². The second-order valence-corrected chi connectivity index (χ2v) is 5.24. The topological polar surface area (TPSA) is 56.7 Å². The van der Waals surface area contributed by atoms with Crippen LogP contribution in [0.15, 0.2) is 35.5 Å². The van der Waals surface area contributed by atoms with E-state index in [4.69, 9.17) is 5.73 Å². The standard InChI is InChI=1S/C12H15BrN4/c1-8(2)12(14)11-6-16-7-17(11)10-3-9(13)4-15-5-10/h3-8,12H,14H2,1-2H3. The van der Waals surface area contributed by atoms with Gasteiger partial charge < -0.3 is 10.3 Å². The number of pyridine rings is 1. The smallest absolute Gasteiger partial charge is 0.0995 e. The third-order valence-electron chi connectivity index (χ3n) is 2.70. The largest absolute Gasteiger partial charge is 0.322 e. The zero-order valence-electron chi connectivity index (χ0n) is 9.84. The lowest BCUT2D eigenvalue weighted by atomic mass is 10.0. The number of aromatic nitrogens is 3. The average molecular weight is 295 g/mol. The summed E-state index contributed by atoms with van der Waals surface area (Å²) in [4.78, 5) is 8.32. The average Bonchev–Trinajstić information content (AvgIpc) is 2.76. The maximum atomic E-state index is 6.17. The molecule has 17 heavy (non-hydrogen) atoms. The van der Waals surface area contributed by atoms with Gasteiger partial charge in [-0.2, -0.15) is 0 Å². The summed E-state index contributed by atoms with van der Waals surface area (Å²) in [6.45, 7) is 4.20. The van der Waals surface area contributed by atoms with Crippen LogP contribution in [-0.2, 0) is 0 Å². The molecule has 0 saturated carbocycles. The summed E-state index contributed by atoms with van der Waals surface area (Å²) in [7, 11) is 0. The molecule has 0 aliphatic carbocycles. The molecule has 0 aromatic carbocycles. The zero-order valence-corrected chi connectivity index (χ0v) is 11.4. The monoisotopic (exact) mass is 294 g/mol. The number of rotatable bonds is 3. The van der Waals surface area contributed by atoms with Crippen molar-refractivity contribution >= 4 is 15.9 Å². The van der Waals surface area contributed by atoms with Gasteiger partial charge in [0.1, 0.15) is 0 Å². The second kappa shape index (κ2) is 4.98. The van der Waals surface area contributed by atoms with Crippen molar-refractivity contribution in [2.75, 3.05) is 0 Å². The van der Waals surface area contributed by atoms with Gasteiger partial charge in [0.2, 0.25) is 0 Å². The summed E-state index contributed by atoms with van der Waals surface area (Å²) < 4.78 is 2.91. The Morgan fingerprint density at radius 1 is 1.24 bits per heavy atom. The van der Waals surface area contributed by atoms with Crippen molar-refractivity contribution in [3.63, 3.8) is 0 Å². The van der Waals surface area contributed by atoms with Crippen molar-refractivity contribution in [1.29, 1.82) is 0 Å². The van der Waals surface area contributed by atoms with Gasteiger partial charge in [-0.15, -0.1) is 0 Å². The van der Waals surface area contributed by atoms with E-state index >= 15 is 0 Å². The highest BCUT2D eigenvalue weighted by Gasteiger charge is 2.16. The fourth-order valence-corrected chi connectivity index (χ4v) is 1.99. The summed E-state index contributed by atoms with van der Waals surface area (Å²) in [5.41, 5.74) is 8.13. The van der Waals surface area contributed by atoms with Gasteiger partial charge in [-0.1, -0.05) is 13.8 Å². The molecule has 2 heterocycles. The van der Waals surface area contributed by atoms with E-state index < -0.39 is 0 Å². The number of halogens is 1. The quantitative estimate of drug-likeness (QED) is 0.947. The Morgan fingerprint density at radius 2 is 2.00 bits per heavy atom. The Bertz CT molecular complexity index is 507. The highest BCUT2D eigenvalue weighted by atomic mass is 79.9. The molecule has 4 nitrogen and oxygen atoms in total. The number of hydrogen-bond acceptors (Lipinski definition) is 3. The first-order chi connectivity index (χ1) is 8.09. The molecule has 5 heteroatoms. The number of hydrogen-bond donors (Lipinski definition) is 1. The fraction of sp³-hybridized carbons (Fsp3) is 0.333. The van der Waals surface area contributed by atoms with Crippen LogP contribution in [0.4, 0.5) is 0 Å². The molecule has 0 spiro atoms. The van der Waals surface area contributed by atoms with E-state index in [0.29, 0.717) is 5.92 Å². The highest BCUT2D eigenvalue weighted by molar-refractivity contribution is 9.10. The van der Waals surface area contributed by atoms with Crippen molar-refractivity contribution in [3.8, 4) is 5.69 Å². The molecule has 2 rings (SSSR count). The molecule has 2 aromatic rings. The predicted molar refractivity (Wildman–Crippen MR) is 70.8 cm³/mol. The summed E-state index contributed by atoms with van der Waals surface area (Å²) in [5.74, 6) is 0.366. The minimum atomic E-state index is -0.0310. The van der Waals surface area contributed by atoms with Gasteiger partial charge in [0.15, 0.2) is 0 Å². The molecular weight excluding hydrogens is 280 g/mol. The van der Waals surface area contributed by atoms with Gasteiger partial charge in [0.25, 0.3) is 0 Å². The first-order valence-corrected chi connectivity index (χ1v) is 6.27. The van der Waals surface area contributed by atoms with Crippen LogP contribution < -0.4 is 5.73 Å². The molecule has 0 saturated heterocycles. The van der Waals surface area contributed by atoms with Gasteiger partial charge in [-0.3, -0.25) is 4.98 Å². The molecule has 0 bridgehead atoms. The Balaban J connectivity index is 2.43. The minimum Gasteiger partial charge on any atom is -0.322 e. The van der Waals surface area contributed by atoms with Gasteiger partial charge in [-0.25, -0.2) is 4.98 Å². The van der Waals surface area contributed by atoms with Crippen LogP contribution in [-0.4, -0.2) is 14.5 Å². The van der Waals surface area contributed by atoms with Crippen molar-refractivity contribution in [2.45, 2.75) is 19.9 Å². The lowest BCUT2D eigenvalue weighted by molar-refractivity contribution is 0.497. The fourth-order valence-electron chi connectivity index (χ4n) is 1.64. The van der Waals surface area contributed by atoms with Crippen LogP contribution in [0.25, 0.3) is 5.69 Å². The lowest BCUT2D eigenvalue weighted by Crippen LogP contribution is -2.19. The van der Waals surface area contributed by atoms with Gasteiger partial charge in [0.05, 0.1) is 30.1 Å². The van der Waals surface area contributed by atoms with Gasteiger partial charge >= 0.3 is 0 Å². The Labute approximate surface area is 109 Å². The third kappa shape index (κ3) is 2.56.